The van der Waals surface area contributed by atoms with Gasteiger partial charge in [-0.15, -0.1) is 12.4 Å². The number of rotatable bonds is 3. The van der Waals surface area contributed by atoms with Crippen LogP contribution in [0.15, 0.2) is 24.3 Å². The Bertz CT molecular complexity index is 408. The van der Waals surface area contributed by atoms with Gasteiger partial charge in [0.1, 0.15) is 0 Å². The van der Waals surface area contributed by atoms with Crippen LogP contribution >= 0.6 is 24.0 Å². The molecule has 0 bridgehead atoms. The van der Waals surface area contributed by atoms with Crippen molar-refractivity contribution in [3.63, 3.8) is 0 Å². The summed E-state index contributed by atoms with van der Waals surface area (Å²) in [4.78, 5) is 11.1. The number of nitrogens with one attached hydrogen (secondary N) is 2. The first kappa shape index (κ1) is 16.3. The van der Waals surface area contributed by atoms with Gasteiger partial charge in [0, 0.05) is 24.0 Å². The third-order valence-corrected chi connectivity index (χ3v) is 3.55. The van der Waals surface area contributed by atoms with Crippen molar-refractivity contribution < 1.29 is 4.79 Å². The minimum absolute atomic E-state index is 0. The minimum atomic E-state index is 0. The van der Waals surface area contributed by atoms with Crippen LogP contribution in [0.4, 0.5) is 0 Å². The number of hydrogen-bond acceptors (Lipinski definition) is 2. The number of hydrogen-bond donors (Lipinski definition) is 2. The highest BCUT2D eigenvalue weighted by atomic mass is 35.5. The Labute approximate surface area is 125 Å². The summed E-state index contributed by atoms with van der Waals surface area (Å²) in [6.45, 7) is 2.54. The zero-order valence-corrected chi connectivity index (χ0v) is 12.6. The standard InChI is InChI=1S/C14H19ClN2O.ClH/c1-10(18)17-13-6-7-16-14(9-13)8-11-2-4-12(15)5-3-11;/h2-5,13-14,16H,6-9H2,1H3,(H,17,18);1H. The Balaban J connectivity index is 0.00000180. The van der Waals surface area contributed by atoms with E-state index in [4.69, 9.17) is 11.6 Å². The summed E-state index contributed by atoms with van der Waals surface area (Å²) >= 11 is 5.87. The summed E-state index contributed by atoms with van der Waals surface area (Å²) in [6.07, 6.45) is 2.98. The van der Waals surface area contributed by atoms with Gasteiger partial charge in [-0.3, -0.25) is 4.79 Å². The summed E-state index contributed by atoms with van der Waals surface area (Å²) in [7, 11) is 0. The second kappa shape index (κ2) is 7.73. The summed E-state index contributed by atoms with van der Waals surface area (Å²) in [5, 5.41) is 7.28. The average molecular weight is 303 g/mol. The molecule has 106 valence electrons. The van der Waals surface area contributed by atoms with E-state index >= 15 is 0 Å². The summed E-state index contributed by atoms with van der Waals surface area (Å²) in [6, 6.07) is 8.70. The second-order valence-electron chi connectivity index (χ2n) is 4.90. The molecule has 1 aliphatic rings. The van der Waals surface area contributed by atoms with E-state index in [1.54, 1.807) is 6.92 Å². The maximum absolute atomic E-state index is 11.1. The molecule has 2 unspecified atom stereocenters. The highest BCUT2D eigenvalue weighted by Gasteiger charge is 2.21. The number of amides is 1. The van der Waals surface area contributed by atoms with Gasteiger partial charge >= 0.3 is 0 Å². The van der Waals surface area contributed by atoms with Crippen LogP contribution in [0.2, 0.25) is 5.02 Å². The van der Waals surface area contributed by atoms with E-state index < -0.39 is 0 Å². The predicted octanol–water partition coefficient (Wildman–Crippen LogP) is 2.56. The van der Waals surface area contributed by atoms with Gasteiger partial charge in [0.2, 0.25) is 5.91 Å². The van der Waals surface area contributed by atoms with E-state index in [-0.39, 0.29) is 18.3 Å². The smallest absolute Gasteiger partial charge is 0.217 e. The normalized spacial score (nSPS) is 22.4. The van der Waals surface area contributed by atoms with E-state index in [1.807, 2.05) is 12.1 Å². The molecular weight excluding hydrogens is 283 g/mol. The molecule has 19 heavy (non-hydrogen) atoms. The Morgan fingerprint density at radius 1 is 1.42 bits per heavy atom. The molecule has 2 N–H and O–H groups in total. The van der Waals surface area contributed by atoms with Crippen LogP contribution in [-0.2, 0) is 11.2 Å². The molecule has 5 heteroatoms. The lowest BCUT2D eigenvalue weighted by Crippen LogP contribution is -2.48. The van der Waals surface area contributed by atoms with Crippen LogP contribution in [0.5, 0.6) is 0 Å². The Morgan fingerprint density at radius 2 is 2.11 bits per heavy atom. The van der Waals surface area contributed by atoms with Gasteiger partial charge in [0.05, 0.1) is 0 Å². The molecule has 0 aliphatic carbocycles. The molecule has 1 fully saturated rings. The molecule has 0 radical (unpaired) electrons. The quantitative estimate of drug-likeness (QED) is 0.901. The lowest BCUT2D eigenvalue weighted by atomic mass is 9.94. The predicted molar refractivity (Wildman–Crippen MR) is 81.0 cm³/mol. The third-order valence-electron chi connectivity index (χ3n) is 3.30. The molecule has 2 rings (SSSR count). The fraction of sp³-hybridized carbons (Fsp3) is 0.500. The van der Waals surface area contributed by atoms with Crippen molar-refractivity contribution in [2.75, 3.05) is 6.54 Å². The van der Waals surface area contributed by atoms with Crippen molar-refractivity contribution in [2.24, 2.45) is 0 Å². The summed E-state index contributed by atoms with van der Waals surface area (Å²) in [5.41, 5.74) is 1.28. The number of halogens is 2. The molecule has 2 atom stereocenters. The molecule has 0 saturated carbocycles. The largest absolute Gasteiger partial charge is 0.354 e. The molecule has 1 aromatic carbocycles. The highest BCUT2D eigenvalue weighted by molar-refractivity contribution is 6.30. The molecule has 1 amide bonds. The van der Waals surface area contributed by atoms with Gasteiger partial charge in [0.15, 0.2) is 0 Å². The van der Waals surface area contributed by atoms with Crippen LogP contribution in [-0.4, -0.2) is 24.5 Å². The number of carbonyl (C=O) groups excluding carboxylic acids is 1. The van der Waals surface area contributed by atoms with E-state index in [2.05, 4.69) is 22.8 Å². The lowest BCUT2D eigenvalue weighted by molar-refractivity contribution is -0.119. The van der Waals surface area contributed by atoms with Crippen molar-refractivity contribution in [3.05, 3.63) is 34.9 Å². The molecule has 1 aromatic rings. The Kier molecular flexibility index (Phi) is 6.63. The molecule has 1 heterocycles. The van der Waals surface area contributed by atoms with Crippen molar-refractivity contribution in [1.29, 1.82) is 0 Å². The van der Waals surface area contributed by atoms with Gasteiger partial charge in [-0.1, -0.05) is 23.7 Å². The van der Waals surface area contributed by atoms with Crippen LogP contribution < -0.4 is 10.6 Å². The molecule has 3 nitrogen and oxygen atoms in total. The van der Waals surface area contributed by atoms with Gasteiger partial charge in [-0.25, -0.2) is 0 Å². The molecule has 1 aliphatic heterocycles. The highest BCUT2D eigenvalue weighted by Crippen LogP contribution is 2.15. The van der Waals surface area contributed by atoms with Gasteiger partial charge in [-0.2, -0.15) is 0 Å². The number of piperidine rings is 1. The van der Waals surface area contributed by atoms with E-state index in [0.717, 1.165) is 30.8 Å². The van der Waals surface area contributed by atoms with E-state index in [0.29, 0.717) is 12.1 Å². The zero-order valence-electron chi connectivity index (χ0n) is 11.0. The summed E-state index contributed by atoms with van der Waals surface area (Å²) in [5.74, 6) is 0.0622. The second-order valence-corrected chi connectivity index (χ2v) is 5.34. The van der Waals surface area contributed by atoms with Crippen molar-refractivity contribution >= 4 is 29.9 Å². The SMILES string of the molecule is CC(=O)NC1CCNC(Cc2ccc(Cl)cc2)C1.Cl. The van der Waals surface area contributed by atoms with Crippen molar-refractivity contribution in [1.82, 2.24) is 10.6 Å². The first-order valence-corrected chi connectivity index (χ1v) is 6.76. The van der Waals surface area contributed by atoms with E-state index in [1.165, 1.54) is 5.56 Å². The number of benzene rings is 1. The molecule has 0 aromatic heterocycles. The third kappa shape index (κ3) is 5.39. The average Bonchev–Trinajstić information content (AvgIpc) is 2.32. The van der Waals surface area contributed by atoms with Crippen LogP contribution in [0.25, 0.3) is 0 Å². The molecule has 0 spiro atoms. The maximum Gasteiger partial charge on any atom is 0.217 e. The first-order valence-electron chi connectivity index (χ1n) is 6.38. The van der Waals surface area contributed by atoms with Crippen LogP contribution in [0.1, 0.15) is 25.3 Å². The minimum Gasteiger partial charge on any atom is -0.354 e. The summed E-state index contributed by atoms with van der Waals surface area (Å²) < 4.78 is 0. The molecule has 1 saturated heterocycles. The van der Waals surface area contributed by atoms with Gasteiger partial charge in [-0.05, 0) is 43.5 Å². The maximum atomic E-state index is 11.1. The van der Waals surface area contributed by atoms with E-state index in [9.17, 15) is 4.79 Å². The van der Waals surface area contributed by atoms with Crippen molar-refractivity contribution in [2.45, 2.75) is 38.3 Å². The van der Waals surface area contributed by atoms with Crippen molar-refractivity contribution in [3.8, 4) is 0 Å². The van der Waals surface area contributed by atoms with Crippen LogP contribution in [0.3, 0.4) is 0 Å². The van der Waals surface area contributed by atoms with Gasteiger partial charge in [0.25, 0.3) is 0 Å². The topological polar surface area (TPSA) is 41.1 Å². The molecular formula is C14H20Cl2N2O. The first-order chi connectivity index (χ1) is 8.63. The zero-order chi connectivity index (χ0) is 13.0. The fourth-order valence-electron chi connectivity index (χ4n) is 2.49. The monoisotopic (exact) mass is 302 g/mol. The van der Waals surface area contributed by atoms with Gasteiger partial charge < -0.3 is 10.6 Å². The Morgan fingerprint density at radius 3 is 2.74 bits per heavy atom. The number of carbonyl (C=O) groups is 1. The lowest BCUT2D eigenvalue weighted by Gasteiger charge is -2.30. The van der Waals surface area contributed by atoms with Crippen LogP contribution in [0, 0.1) is 0 Å². The fourth-order valence-corrected chi connectivity index (χ4v) is 2.61. The Hall–Kier alpha value is -0.770.